The summed E-state index contributed by atoms with van der Waals surface area (Å²) < 4.78 is 0. The maximum absolute atomic E-state index is 4.35. The summed E-state index contributed by atoms with van der Waals surface area (Å²) in [5, 5.41) is 7.60. The molecular formula is C22H18N2. The Morgan fingerprint density at radius 2 is 1.12 bits per heavy atom. The number of aromatic amines is 1. The standard InChI is InChI=1S/C22H18N2/c1-4-10-17(11-5-1)20-16-23-24-22(20)21(18-12-6-2-7-13-18)19-14-8-3-9-15-19/h1-16,21H,(H,23,24). The van der Waals surface area contributed by atoms with E-state index in [-0.39, 0.29) is 5.92 Å². The third kappa shape index (κ3) is 2.74. The fourth-order valence-corrected chi connectivity index (χ4v) is 3.18. The van der Waals surface area contributed by atoms with Gasteiger partial charge in [0.15, 0.2) is 0 Å². The van der Waals surface area contributed by atoms with Crippen LogP contribution < -0.4 is 0 Å². The van der Waals surface area contributed by atoms with Crippen molar-refractivity contribution in [3.63, 3.8) is 0 Å². The number of hydrogen-bond donors (Lipinski definition) is 1. The zero-order chi connectivity index (χ0) is 16.2. The molecule has 1 N–H and O–H groups in total. The summed E-state index contributed by atoms with van der Waals surface area (Å²) in [5.74, 6) is 0.130. The quantitative estimate of drug-likeness (QED) is 0.547. The van der Waals surface area contributed by atoms with Crippen LogP contribution in [-0.4, -0.2) is 10.2 Å². The minimum atomic E-state index is 0.130. The van der Waals surface area contributed by atoms with Crippen molar-refractivity contribution in [2.24, 2.45) is 0 Å². The van der Waals surface area contributed by atoms with Crippen molar-refractivity contribution < 1.29 is 0 Å². The largest absolute Gasteiger partial charge is 0.281 e. The minimum Gasteiger partial charge on any atom is -0.281 e. The zero-order valence-electron chi connectivity index (χ0n) is 13.3. The first kappa shape index (κ1) is 14.5. The van der Waals surface area contributed by atoms with Gasteiger partial charge in [-0.3, -0.25) is 5.10 Å². The first-order chi connectivity index (χ1) is 11.9. The lowest BCUT2D eigenvalue weighted by atomic mass is 9.85. The number of nitrogens with one attached hydrogen (secondary N) is 1. The molecule has 0 amide bonds. The average Bonchev–Trinajstić information content (AvgIpc) is 3.14. The van der Waals surface area contributed by atoms with Gasteiger partial charge in [-0.15, -0.1) is 0 Å². The molecule has 4 rings (SSSR count). The molecular weight excluding hydrogens is 292 g/mol. The van der Waals surface area contributed by atoms with Crippen LogP contribution in [0.15, 0.2) is 97.2 Å². The van der Waals surface area contributed by atoms with E-state index in [0.29, 0.717) is 0 Å². The van der Waals surface area contributed by atoms with E-state index in [2.05, 4.69) is 95.1 Å². The predicted molar refractivity (Wildman–Crippen MR) is 97.9 cm³/mol. The van der Waals surface area contributed by atoms with Crippen LogP contribution in [0.1, 0.15) is 22.7 Å². The molecule has 1 aromatic heterocycles. The molecule has 0 fully saturated rings. The highest BCUT2D eigenvalue weighted by Gasteiger charge is 2.21. The number of benzene rings is 3. The van der Waals surface area contributed by atoms with Crippen LogP contribution in [0.25, 0.3) is 11.1 Å². The second-order valence-electron chi connectivity index (χ2n) is 5.82. The molecule has 0 saturated carbocycles. The third-order valence-electron chi connectivity index (χ3n) is 4.31. The molecule has 0 aliphatic rings. The topological polar surface area (TPSA) is 28.7 Å². The van der Waals surface area contributed by atoms with E-state index in [9.17, 15) is 0 Å². The van der Waals surface area contributed by atoms with Gasteiger partial charge in [0.05, 0.1) is 17.8 Å². The Balaban J connectivity index is 1.89. The van der Waals surface area contributed by atoms with Crippen molar-refractivity contribution in [1.82, 2.24) is 10.2 Å². The van der Waals surface area contributed by atoms with E-state index in [1.54, 1.807) is 0 Å². The molecule has 2 heteroatoms. The number of nitrogens with zero attached hydrogens (tertiary/aromatic N) is 1. The molecule has 0 unspecified atom stereocenters. The van der Waals surface area contributed by atoms with E-state index in [0.717, 1.165) is 11.3 Å². The molecule has 0 atom stereocenters. The predicted octanol–water partition coefficient (Wildman–Crippen LogP) is 5.26. The van der Waals surface area contributed by atoms with Crippen LogP contribution in [0.3, 0.4) is 0 Å². The summed E-state index contributed by atoms with van der Waals surface area (Å²) in [5.41, 5.74) is 5.96. The second-order valence-corrected chi connectivity index (χ2v) is 5.82. The Bertz CT molecular complexity index is 857. The van der Waals surface area contributed by atoms with Gasteiger partial charge in [-0.2, -0.15) is 5.10 Å². The van der Waals surface area contributed by atoms with Gasteiger partial charge in [-0.05, 0) is 16.7 Å². The van der Waals surface area contributed by atoms with Crippen LogP contribution in [-0.2, 0) is 0 Å². The fraction of sp³-hybridized carbons (Fsp3) is 0.0455. The molecule has 116 valence electrons. The summed E-state index contributed by atoms with van der Waals surface area (Å²) >= 11 is 0. The van der Waals surface area contributed by atoms with Gasteiger partial charge < -0.3 is 0 Å². The van der Waals surface area contributed by atoms with Crippen LogP contribution >= 0.6 is 0 Å². The lowest BCUT2D eigenvalue weighted by Crippen LogP contribution is -2.05. The highest BCUT2D eigenvalue weighted by atomic mass is 15.1. The van der Waals surface area contributed by atoms with Gasteiger partial charge in [-0.25, -0.2) is 0 Å². The molecule has 4 aromatic rings. The molecule has 0 bridgehead atoms. The van der Waals surface area contributed by atoms with Crippen molar-refractivity contribution in [3.8, 4) is 11.1 Å². The first-order valence-electron chi connectivity index (χ1n) is 8.12. The molecule has 0 aliphatic carbocycles. The second kappa shape index (κ2) is 6.55. The van der Waals surface area contributed by atoms with Gasteiger partial charge >= 0.3 is 0 Å². The monoisotopic (exact) mass is 310 g/mol. The Hall–Kier alpha value is -3.13. The van der Waals surface area contributed by atoms with Crippen molar-refractivity contribution in [3.05, 3.63) is 114 Å². The summed E-state index contributed by atoms with van der Waals surface area (Å²) in [7, 11) is 0. The molecule has 0 saturated heterocycles. The third-order valence-corrected chi connectivity index (χ3v) is 4.31. The first-order valence-corrected chi connectivity index (χ1v) is 8.12. The SMILES string of the molecule is c1ccc(-c2cn[nH]c2C(c2ccccc2)c2ccccc2)cc1. The lowest BCUT2D eigenvalue weighted by Gasteiger charge is -2.18. The van der Waals surface area contributed by atoms with E-state index in [1.807, 2.05) is 12.3 Å². The zero-order valence-corrected chi connectivity index (χ0v) is 13.3. The van der Waals surface area contributed by atoms with Crippen molar-refractivity contribution >= 4 is 0 Å². The van der Waals surface area contributed by atoms with Gasteiger partial charge in [0.25, 0.3) is 0 Å². The Kier molecular flexibility index (Phi) is 3.95. The van der Waals surface area contributed by atoms with E-state index < -0.39 is 0 Å². The molecule has 3 aromatic carbocycles. The lowest BCUT2D eigenvalue weighted by molar-refractivity contribution is 0.895. The van der Waals surface area contributed by atoms with Crippen LogP contribution in [0, 0.1) is 0 Å². The molecule has 2 nitrogen and oxygen atoms in total. The summed E-state index contributed by atoms with van der Waals surface area (Å²) in [6.07, 6.45) is 1.92. The fourth-order valence-electron chi connectivity index (χ4n) is 3.18. The summed E-state index contributed by atoms with van der Waals surface area (Å²) in [6.45, 7) is 0. The van der Waals surface area contributed by atoms with E-state index in [4.69, 9.17) is 0 Å². The smallest absolute Gasteiger partial charge is 0.0569 e. The van der Waals surface area contributed by atoms with E-state index in [1.165, 1.54) is 16.7 Å². The van der Waals surface area contributed by atoms with Crippen molar-refractivity contribution in [2.75, 3.05) is 0 Å². The van der Waals surface area contributed by atoms with Gasteiger partial charge in [-0.1, -0.05) is 91.0 Å². The Labute approximate surface area is 141 Å². The molecule has 0 spiro atoms. The maximum atomic E-state index is 4.35. The van der Waals surface area contributed by atoms with Gasteiger partial charge in [0.2, 0.25) is 0 Å². The van der Waals surface area contributed by atoms with Crippen LogP contribution in [0.5, 0.6) is 0 Å². The summed E-state index contributed by atoms with van der Waals surface area (Å²) in [6, 6.07) is 31.6. The number of hydrogen-bond acceptors (Lipinski definition) is 1. The Morgan fingerprint density at radius 1 is 0.625 bits per heavy atom. The highest BCUT2D eigenvalue weighted by molar-refractivity contribution is 5.67. The molecule has 0 aliphatic heterocycles. The maximum Gasteiger partial charge on any atom is 0.0569 e. The van der Waals surface area contributed by atoms with Crippen LogP contribution in [0.4, 0.5) is 0 Å². The Morgan fingerprint density at radius 3 is 1.67 bits per heavy atom. The van der Waals surface area contributed by atoms with E-state index >= 15 is 0 Å². The summed E-state index contributed by atoms with van der Waals surface area (Å²) in [4.78, 5) is 0. The highest BCUT2D eigenvalue weighted by Crippen LogP contribution is 2.36. The molecule has 24 heavy (non-hydrogen) atoms. The number of aromatic nitrogens is 2. The van der Waals surface area contributed by atoms with Crippen molar-refractivity contribution in [1.29, 1.82) is 0 Å². The van der Waals surface area contributed by atoms with Gasteiger partial charge in [0, 0.05) is 5.56 Å². The van der Waals surface area contributed by atoms with Crippen LogP contribution in [0.2, 0.25) is 0 Å². The molecule has 1 heterocycles. The number of H-pyrrole nitrogens is 1. The number of rotatable bonds is 4. The molecule has 0 radical (unpaired) electrons. The van der Waals surface area contributed by atoms with Crippen molar-refractivity contribution in [2.45, 2.75) is 5.92 Å². The average molecular weight is 310 g/mol. The van der Waals surface area contributed by atoms with Gasteiger partial charge in [0.1, 0.15) is 0 Å². The minimum absolute atomic E-state index is 0.130. The normalized spacial score (nSPS) is 10.9.